The average Bonchev–Trinajstić information content (AvgIpc) is 2.93. The highest BCUT2D eigenvalue weighted by Gasteiger charge is 2.15. The predicted octanol–water partition coefficient (Wildman–Crippen LogP) is 1.53. The number of hydrogen-bond donors (Lipinski definition) is 3. The van der Waals surface area contributed by atoms with Crippen LogP contribution in [-0.4, -0.2) is 34.4 Å². The van der Waals surface area contributed by atoms with Crippen LogP contribution in [0.15, 0.2) is 24.3 Å². The number of nitrogens with zero attached hydrogens (tertiary/aromatic N) is 1. The molecule has 0 spiro atoms. The number of benzene rings is 1. The van der Waals surface area contributed by atoms with Gasteiger partial charge in [0.2, 0.25) is 11.8 Å². The van der Waals surface area contributed by atoms with E-state index < -0.39 is 6.04 Å². The fourth-order valence-corrected chi connectivity index (χ4v) is 2.14. The second-order valence-electron chi connectivity index (χ2n) is 5.28. The average molecular weight is 302 g/mol. The Bertz CT molecular complexity index is 617. The van der Waals surface area contributed by atoms with E-state index in [1.54, 1.807) is 6.92 Å². The lowest BCUT2D eigenvalue weighted by Gasteiger charge is -2.13. The summed E-state index contributed by atoms with van der Waals surface area (Å²) in [5, 5.41) is 5.46. The summed E-state index contributed by atoms with van der Waals surface area (Å²) in [4.78, 5) is 31.2. The SMILES string of the molecule is CCCNC(=O)C(C)NC(=O)CCc1nc2ccccc2[nH]1. The number of aromatic amines is 1. The van der Waals surface area contributed by atoms with Gasteiger partial charge in [-0.3, -0.25) is 9.59 Å². The fraction of sp³-hybridized carbons (Fsp3) is 0.438. The molecule has 1 unspecified atom stereocenters. The molecule has 1 atom stereocenters. The molecule has 1 heterocycles. The first-order chi connectivity index (χ1) is 10.6. The van der Waals surface area contributed by atoms with Gasteiger partial charge >= 0.3 is 0 Å². The minimum Gasteiger partial charge on any atom is -0.354 e. The van der Waals surface area contributed by atoms with Gasteiger partial charge in [0.25, 0.3) is 0 Å². The van der Waals surface area contributed by atoms with Crippen molar-refractivity contribution in [2.45, 2.75) is 39.2 Å². The number of nitrogens with one attached hydrogen (secondary N) is 3. The first kappa shape index (κ1) is 16.0. The number of imidazole rings is 1. The first-order valence-electron chi connectivity index (χ1n) is 7.61. The smallest absolute Gasteiger partial charge is 0.242 e. The number of H-pyrrole nitrogens is 1. The Hall–Kier alpha value is -2.37. The van der Waals surface area contributed by atoms with Gasteiger partial charge in [-0.1, -0.05) is 19.1 Å². The molecule has 118 valence electrons. The van der Waals surface area contributed by atoms with Crippen molar-refractivity contribution < 1.29 is 9.59 Å². The number of fused-ring (bicyclic) bond motifs is 1. The third-order valence-electron chi connectivity index (χ3n) is 3.35. The van der Waals surface area contributed by atoms with Crippen molar-refractivity contribution in [3.63, 3.8) is 0 Å². The number of carbonyl (C=O) groups is 2. The van der Waals surface area contributed by atoms with Crippen LogP contribution in [0.25, 0.3) is 11.0 Å². The Kier molecular flexibility index (Phi) is 5.52. The molecule has 2 rings (SSSR count). The summed E-state index contributed by atoms with van der Waals surface area (Å²) >= 11 is 0. The maximum absolute atomic E-state index is 11.9. The molecule has 2 aromatic rings. The number of hydrogen-bond acceptors (Lipinski definition) is 3. The molecule has 0 aliphatic carbocycles. The molecular formula is C16H22N4O2. The van der Waals surface area contributed by atoms with Gasteiger partial charge in [-0.25, -0.2) is 4.98 Å². The molecule has 0 saturated carbocycles. The van der Waals surface area contributed by atoms with Crippen LogP contribution in [0.3, 0.4) is 0 Å². The van der Waals surface area contributed by atoms with E-state index in [1.165, 1.54) is 0 Å². The van der Waals surface area contributed by atoms with E-state index in [0.717, 1.165) is 23.3 Å². The molecule has 3 N–H and O–H groups in total. The molecule has 6 heteroatoms. The fourth-order valence-electron chi connectivity index (χ4n) is 2.14. The van der Waals surface area contributed by atoms with Gasteiger partial charge in [-0.15, -0.1) is 0 Å². The summed E-state index contributed by atoms with van der Waals surface area (Å²) in [7, 11) is 0. The van der Waals surface area contributed by atoms with Crippen molar-refractivity contribution in [1.29, 1.82) is 0 Å². The van der Waals surface area contributed by atoms with Crippen molar-refractivity contribution >= 4 is 22.8 Å². The van der Waals surface area contributed by atoms with Gasteiger partial charge < -0.3 is 15.6 Å². The molecule has 0 aliphatic rings. The van der Waals surface area contributed by atoms with Crippen LogP contribution in [0, 0.1) is 0 Å². The maximum Gasteiger partial charge on any atom is 0.242 e. The molecule has 0 fully saturated rings. The zero-order valence-electron chi connectivity index (χ0n) is 13.0. The second-order valence-corrected chi connectivity index (χ2v) is 5.28. The van der Waals surface area contributed by atoms with Crippen LogP contribution >= 0.6 is 0 Å². The lowest BCUT2D eigenvalue weighted by molar-refractivity contribution is -0.128. The van der Waals surface area contributed by atoms with E-state index >= 15 is 0 Å². The van der Waals surface area contributed by atoms with Gasteiger partial charge in [0.1, 0.15) is 11.9 Å². The number of para-hydroxylation sites is 2. The molecule has 0 aliphatic heterocycles. The third kappa shape index (κ3) is 4.31. The van der Waals surface area contributed by atoms with Crippen LogP contribution in [0.1, 0.15) is 32.5 Å². The van der Waals surface area contributed by atoms with Gasteiger partial charge in [0, 0.05) is 19.4 Å². The Morgan fingerprint density at radius 3 is 2.82 bits per heavy atom. The summed E-state index contributed by atoms with van der Waals surface area (Å²) in [6.45, 7) is 4.29. The molecule has 2 amide bonds. The highest BCUT2D eigenvalue weighted by Crippen LogP contribution is 2.11. The van der Waals surface area contributed by atoms with Crippen molar-refractivity contribution in [1.82, 2.24) is 20.6 Å². The largest absolute Gasteiger partial charge is 0.354 e. The number of aromatic nitrogens is 2. The van der Waals surface area contributed by atoms with E-state index in [0.29, 0.717) is 19.4 Å². The number of carbonyl (C=O) groups excluding carboxylic acids is 2. The van der Waals surface area contributed by atoms with Gasteiger partial charge in [0.15, 0.2) is 0 Å². The molecule has 0 bridgehead atoms. The Morgan fingerprint density at radius 2 is 2.09 bits per heavy atom. The van der Waals surface area contributed by atoms with Crippen molar-refractivity contribution in [2.75, 3.05) is 6.54 Å². The molecule has 0 radical (unpaired) electrons. The molecule has 0 saturated heterocycles. The zero-order valence-corrected chi connectivity index (χ0v) is 13.0. The highest BCUT2D eigenvalue weighted by molar-refractivity contribution is 5.87. The minimum absolute atomic E-state index is 0.153. The molecule has 22 heavy (non-hydrogen) atoms. The lowest BCUT2D eigenvalue weighted by Crippen LogP contribution is -2.45. The number of amides is 2. The van der Waals surface area contributed by atoms with Gasteiger partial charge in [-0.05, 0) is 25.5 Å². The van der Waals surface area contributed by atoms with E-state index in [2.05, 4.69) is 20.6 Å². The number of rotatable bonds is 7. The first-order valence-corrected chi connectivity index (χ1v) is 7.61. The van der Waals surface area contributed by atoms with Crippen LogP contribution < -0.4 is 10.6 Å². The maximum atomic E-state index is 11.9. The van der Waals surface area contributed by atoms with Gasteiger partial charge in [0.05, 0.1) is 11.0 Å². The van der Waals surface area contributed by atoms with Crippen molar-refractivity contribution in [3.8, 4) is 0 Å². The van der Waals surface area contributed by atoms with Crippen LogP contribution in [-0.2, 0) is 16.0 Å². The monoisotopic (exact) mass is 302 g/mol. The normalized spacial score (nSPS) is 12.1. The van der Waals surface area contributed by atoms with Crippen LogP contribution in [0.2, 0.25) is 0 Å². The molecular weight excluding hydrogens is 280 g/mol. The van der Waals surface area contributed by atoms with E-state index in [9.17, 15) is 9.59 Å². The lowest BCUT2D eigenvalue weighted by atomic mass is 10.2. The van der Waals surface area contributed by atoms with E-state index in [4.69, 9.17) is 0 Å². The van der Waals surface area contributed by atoms with Crippen LogP contribution in [0.5, 0.6) is 0 Å². The standard InChI is InChI=1S/C16H22N4O2/c1-3-10-17-16(22)11(2)18-15(21)9-8-14-19-12-6-4-5-7-13(12)20-14/h4-7,11H,3,8-10H2,1-2H3,(H,17,22)(H,18,21)(H,19,20). The highest BCUT2D eigenvalue weighted by atomic mass is 16.2. The summed E-state index contributed by atoms with van der Waals surface area (Å²) in [5.74, 6) is 0.470. The summed E-state index contributed by atoms with van der Waals surface area (Å²) in [6, 6.07) is 7.22. The van der Waals surface area contributed by atoms with E-state index in [-0.39, 0.29) is 11.8 Å². The Balaban J connectivity index is 1.81. The Morgan fingerprint density at radius 1 is 1.32 bits per heavy atom. The van der Waals surface area contributed by atoms with Crippen molar-refractivity contribution in [2.24, 2.45) is 0 Å². The predicted molar refractivity (Wildman–Crippen MR) is 85.3 cm³/mol. The third-order valence-corrected chi connectivity index (χ3v) is 3.35. The minimum atomic E-state index is -0.519. The Labute approximate surface area is 129 Å². The van der Waals surface area contributed by atoms with Crippen molar-refractivity contribution in [3.05, 3.63) is 30.1 Å². The topological polar surface area (TPSA) is 86.9 Å². The van der Waals surface area contributed by atoms with Gasteiger partial charge in [-0.2, -0.15) is 0 Å². The number of aryl methyl sites for hydroxylation is 1. The molecule has 1 aromatic heterocycles. The molecule has 1 aromatic carbocycles. The van der Waals surface area contributed by atoms with Crippen LogP contribution in [0.4, 0.5) is 0 Å². The summed E-state index contributed by atoms with van der Waals surface area (Å²) in [6.07, 6.45) is 1.69. The second kappa shape index (κ2) is 7.59. The summed E-state index contributed by atoms with van der Waals surface area (Å²) in [5.41, 5.74) is 1.86. The zero-order chi connectivity index (χ0) is 15.9. The van der Waals surface area contributed by atoms with E-state index in [1.807, 2.05) is 31.2 Å². The summed E-state index contributed by atoms with van der Waals surface area (Å²) < 4.78 is 0. The quantitative estimate of drug-likeness (QED) is 0.725. The molecule has 6 nitrogen and oxygen atoms in total.